The minimum atomic E-state index is -0.0971. The van der Waals surface area contributed by atoms with Crippen LogP contribution in [0.5, 0.6) is 11.5 Å². The van der Waals surface area contributed by atoms with Crippen molar-refractivity contribution in [3.8, 4) is 17.2 Å². The Morgan fingerprint density at radius 2 is 1.78 bits per heavy atom. The first-order chi connectivity index (χ1) is 15.7. The van der Waals surface area contributed by atoms with Crippen LogP contribution in [0.15, 0.2) is 53.6 Å². The van der Waals surface area contributed by atoms with E-state index in [0.717, 1.165) is 36.0 Å². The maximum Gasteiger partial charge on any atom is 0.265 e. The number of rotatable bonds is 5. The van der Waals surface area contributed by atoms with Crippen LogP contribution >= 0.6 is 0 Å². The van der Waals surface area contributed by atoms with Gasteiger partial charge in [0.1, 0.15) is 10.9 Å². The molecule has 0 N–H and O–H groups in total. The van der Waals surface area contributed by atoms with Gasteiger partial charge < -0.3 is 9.47 Å². The molecule has 0 aliphatic carbocycles. The van der Waals surface area contributed by atoms with Crippen molar-refractivity contribution in [1.82, 2.24) is 24.1 Å². The Kier molecular flexibility index (Phi) is 4.31. The number of nitrogens with zero attached hydrogens (tertiary/aromatic N) is 5. The number of aromatic nitrogens is 5. The molecule has 8 heteroatoms. The summed E-state index contributed by atoms with van der Waals surface area (Å²) in [6, 6.07) is 13.3. The fraction of sp³-hybridized carbons (Fsp3) is 0.250. The summed E-state index contributed by atoms with van der Waals surface area (Å²) < 4.78 is 14.6. The average molecular weight is 427 g/mol. The average Bonchev–Trinajstić information content (AvgIpc) is 3.41. The lowest BCUT2D eigenvalue weighted by Crippen LogP contribution is -2.20. The zero-order valence-electron chi connectivity index (χ0n) is 17.6. The van der Waals surface area contributed by atoms with Gasteiger partial charge in [-0.25, -0.2) is 15.0 Å². The Hall–Kier alpha value is -3.94. The van der Waals surface area contributed by atoms with E-state index in [1.807, 2.05) is 47.0 Å². The van der Waals surface area contributed by atoms with Crippen LogP contribution in [0, 0.1) is 0 Å². The summed E-state index contributed by atoms with van der Waals surface area (Å²) in [6.07, 6.45) is 4.71. The molecule has 2 aromatic carbocycles. The molecule has 32 heavy (non-hydrogen) atoms. The van der Waals surface area contributed by atoms with Crippen LogP contribution in [0.1, 0.15) is 26.2 Å². The van der Waals surface area contributed by atoms with Gasteiger partial charge in [-0.1, -0.05) is 31.9 Å². The number of para-hydroxylation sites is 2. The SMILES string of the molecule is CCCCCn1cnc2c(c1=O)c1nc3ccccc3nc1n2-c1ccc2c(c1)OCO2. The van der Waals surface area contributed by atoms with Gasteiger partial charge in [-0.15, -0.1) is 0 Å². The second-order valence-corrected chi connectivity index (χ2v) is 7.91. The Balaban J connectivity index is 1.67. The van der Waals surface area contributed by atoms with Gasteiger partial charge in [-0.3, -0.25) is 13.9 Å². The van der Waals surface area contributed by atoms with Crippen molar-refractivity contribution in [3.05, 3.63) is 59.1 Å². The van der Waals surface area contributed by atoms with Gasteiger partial charge in [0.05, 0.1) is 23.0 Å². The van der Waals surface area contributed by atoms with Crippen LogP contribution in [0.3, 0.4) is 0 Å². The lowest BCUT2D eigenvalue weighted by atomic mass is 10.2. The Labute approximate surface area is 183 Å². The van der Waals surface area contributed by atoms with Crippen molar-refractivity contribution in [2.75, 3.05) is 6.79 Å². The smallest absolute Gasteiger partial charge is 0.265 e. The van der Waals surface area contributed by atoms with E-state index in [1.165, 1.54) is 0 Å². The predicted molar refractivity (Wildman–Crippen MR) is 122 cm³/mol. The van der Waals surface area contributed by atoms with E-state index in [1.54, 1.807) is 10.9 Å². The Morgan fingerprint density at radius 1 is 0.969 bits per heavy atom. The van der Waals surface area contributed by atoms with E-state index in [0.29, 0.717) is 40.2 Å². The standard InChI is InChI=1S/C24H21N5O3/c1-2-3-6-11-28-13-25-22-20(24(28)30)21-23(27-17-8-5-4-7-16(17)26-21)29(22)15-9-10-18-19(12-15)32-14-31-18/h4-5,7-10,12-13H,2-3,6,11,14H2,1H3. The fourth-order valence-electron chi connectivity index (χ4n) is 4.23. The predicted octanol–water partition coefficient (Wildman–Crippen LogP) is 4.20. The zero-order chi connectivity index (χ0) is 21.7. The quantitative estimate of drug-likeness (QED) is 0.391. The summed E-state index contributed by atoms with van der Waals surface area (Å²) in [6.45, 7) is 2.97. The molecular weight excluding hydrogens is 406 g/mol. The number of aryl methyl sites for hydroxylation is 1. The summed E-state index contributed by atoms with van der Waals surface area (Å²) in [5.41, 5.74) is 3.87. The molecule has 0 atom stereocenters. The summed E-state index contributed by atoms with van der Waals surface area (Å²) in [7, 11) is 0. The highest BCUT2D eigenvalue weighted by Gasteiger charge is 2.22. The topological polar surface area (TPSA) is 84.1 Å². The van der Waals surface area contributed by atoms with Gasteiger partial charge in [-0.2, -0.15) is 0 Å². The summed E-state index contributed by atoms with van der Waals surface area (Å²) >= 11 is 0. The number of benzene rings is 2. The lowest BCUT2D eigenvalue weighted by molar-refractivity contribution is 0.174. The third-order valence-corrected chi connectivity index (χ3v) is 5.85. The Bertz CT molecular complexity index is 1550. The molecule has 0 bridgehead atoms. The molecule has 0 saturated heterocycles. The normalized spacial score (nSPS) is 12.9. The van der Waals surface area contributed by atoms with Gasteiger partial charge in [0.25, 0.3) is 5.56 Å². The van der Waals surface area contributed by atoms with Gasteiger partial charge in [-0.05, 0) is 30.7 Å². The molecule has 160 valence electrons. The highest BCUT2D eigenvalue weighted by atomic mass is 16.7. The molecule has 0 fully saturated rings. The van der Waals surface area contributed by atoms with Crippen molar-refractivity contribution in [3.63, 3.8) is 0 Å². The van der Waals surface area contributed by atoms with Crippen LogP contribution in [0.4, 0.5) is 0 Å². The van der Waals surface area contributed by atoms with E-state index in [2.05, 4.69) is 6.92 Å². The molecule has 3 aromatic heterocycles. The second-order valence-electron chi connectivity index (χ2n) is 7.91. The molecule has 0 amide bonds. The van der Waals surface area contributed by atoms with Crippen LogP contribution in [-0.4, -0.2) is 30.9 Å². The maximum absolute atomic E-state index is 13.5. The molecule has 0 spiro atoms. The van der Waals surface area contributed by atoms with Gasteiger partial charge in [0.15, 0.2) is 22.8 Å². The van der Waals surface area contributed by atoms with E-state index >= 15 is 0 Å². The molecule has 0 saturated carbocycles. The van der Waals surface area contributed by atoms with E-state index in [9.17, 15) is 4.79 Å². The molecule has 4 heterocycles. The zero-order valence-corrected chi connectivity index (χ0v) is 17.6. The molecule has 8 nitrogen and oxygen atoms in total. The fourth-order valence-corrected chi connectivity index (χ4v) is 4.23. The van der Waals surface area contributed by atoms with E-state index in [4.69, 9.17) is 24.4 Å². The molecule has 0 radical (unpaired) electrons. The minimum absolute atomic E-state index is 0.0971. The first-order valence-corrected chi connectivity index (χ1v) is 10.8. The van der Waals surface area contributed by atoms with Crippen LogP contribution in [0.2, 0.25) is 0 Å². The highest BCUT2D eigenvalue weighted by molar-refractivity contribution is 6.05. The summed E-state index contributed by atoms with van der Waals surface area (Å²) in [5.74, 6) is 1.34. The lowest BCUT2D eigenvalue weighted by Gasteiger charge is -2.08. The number of unbranched alkanes of at least 4 members (excludes halogenated alkanes) is 2. The van der Waals surface area contributed by atoms with Crippen molar-refractivity contribution in [2.24, 2.45) is 0 Å². The van der Waals surface area contributed by atoms with Gasteiger partial charge in [0, 0.05) is 12.6 Å². The number of hydrogen-bond donors (Lipinski definition) is 0. The van der Waals surface area contributed by atoms with Gasteiger partial charge >= 0.3 is 0 Å². The molecule has 1 aliphatic heterocycles. The number of fused-ring (bicyclic) bond motifs is 5. The van der Waals surface area contributed by atoms with Crippen LogP contribution in [-0.2, 0) is 6.54 Å². The molecule has 5 aromatic rings. The highest BCUT2D eigenvalue weighted by Crippen LogP contribution is 2.36. The van der Waals surface area contributed by atoms with Crippen molar-refractivity contribution >= 4 is 33.2 Å². The number of ether oxygens (including phenoxy) is 2. The second kappa shape index (κ2) is 7.33. The van der Waals surface area contributed by atoms with E-state index < -0.39 is 0 Å². The molecule has 0 unspecified atom stereocenters. The largest absolute Gasteiger partial charge is 0.454 e. The first kappa shape index (κ1) is 18.8. The Morgan fingerprint density at radius 3 is 2.62 bits per heavy atom. The minimum Gasteiger partial charge on any atom is -0.454 e. The molecule has 1 aliphatic rings. The van der Waals surface area contributed by atoms with Crippen LogP contribution in [0.25, 0.3) is 38.9 Å². The van der Waals surface area contributed by atoms with Crippen molar-refractivity contribution < 1.29 is 9.47 Å². The van der Waals surface area contributed by atoms with Crippen LogP contribution < -0.4 is 15.0 Å². The van der Waals surface area contributed by atoms with E-state index in [-0.39, 0.29) is 12.4 Å². The third-order valence-electron chi connectivity index (χ3n) is 5.85. The molecule has 6 rings (SSSR count). The molecular formula is C24H21N5O3. The van der Waals surface area contributed by atoms with Gasteiger partial charge in [0.2, 0.25) is 6.79 Å². The number of hydrogen-bond acceptors (Lipinski definition) is 6. The van der Waals surface area contributed by atoms with Crippen molar-refractivity contribution in [1.29, 1.82) is 0 Å². The van der Waals surface area contributed by atoms with Crippen molar-refractivity contribution in [2.45, 2.75) is 32.7 Å². The maximum atomic E-state index is 13.5. The first-order valence-electron chi connectivity index (χ1n) is 10.8. The summed E-state index contributed by atoms with van der Waals surface area (Å²) in [5, 5.41) is 0.481. The monoisotopic (exact) mass is 427 g/mol. The summed E-state index contributed by atoms with van der Waals surface area (Å²) in [4.78, 5) is 27.9. The third kappa shape index (κ3) is 2.83.